The minimum atomic E-state index is 0.142. The van der Waals surface area contributed by atoms with Crippen LogP contribution in [0.4, 0.5) is 0 Å². The number of aryl methyl sites for hydroxylation is 1. The van der Waals surface area contributed by atoms with E-state index >= 15 is 0 Å². The maximum atomic E-state index is 13.6. The molecule has 1 aliphatic carbocycles. The predicted octanol–water partition coefficient (Wildman–Crippen LogP) is 4.61. The van der Waals surface area contributed by atoms with Crippen LogP contribution in [0.5, 0.6) is 11.5 Å². The smallest absolute Gasteiger partial charge is 0.198 e. The molecule has 162 valence electrons. The standard InChI is InChI=1S/C27H32N2O2/c1-18-23(15-29-17-27(4)14-19(29)13-26(2,3)16-27)25(30)22-12-21(10-11-24(22)28-18)31-20-8-6-5-7-9-20/h5-12,19H,13-17H2,1-4H3,(H,28,30)/p+1. The summed E-state index contributed by atoms with van der Waals surface area (Å²) in [5.41, 5.74) is 3.73. The van der Waals surface area contributed by atoms with Gasteiger partial charge in [-0.25, -0.2) is 0 Å². The van der Waals surface area contributed by atoms with Crippen molar-refractivity contribution in [2.75, 3.05) is 6.54 Å². The molecular weight excluding hydrogens is 384 g/mol. The first-order valence-electron chi connectivity index (χ1n) is 11.4. The van der Waals surface area contributed by atoms with Crippen LogP contribution < -0.4 is 15.1 Å². The summed E-state index contributed by atoms with van der Waals surface area (Å²) in [6, 6.07) is 16.1. The molecule has 5 rings (SSSR count). The number of benzene rings is 2. The lowest BCUT2D eigenvalue weighted by molar-refractivity contribution is -0.928. The molecule has 2 bridgehead atoms. The molecule has 0 radical (unpaired) electrons. The molecule has 0 amide bonds. The second-order valence-electron chi connectivity index (χ2n) is 10.9. The van der Waals surface area contributed by atoms with Gasteiger partial charge in [0.25, 0.3) is 0 Å². The number of hydrogen-bond acceptors (Lipinski definition) is 2. The van der Waals surface area contributed by atoms with E-state index in [0.29, 0.717) is 28.0 Å². The van der Waals surface area contributed by atoms with E-state index in [1.807, 2.05) is 55.5 Å². The van der Waals surface area contributed by atoms with Crippen LogP contribution in [0.25, 0.3) is 10.9 Å². The number of hydrogen-bond donors (Lipinski definition) is 2. The van der Waals surface area contributed by atoms with Crippen molar-refractivity contribution in [2.45, 2.75) is 59.5 Å². The van der Waals surface area contributed by atoms with Gasteiger partial charge in [-0.3, -0.25) is 4.79 Å². The van der Waals surface area contributed by atoms with Gasteiger partial charge in [0.15, 0.2) is 5.43 Å². The first kappa shape index (κ1) is 20.3. The minimum absolute atomic E-state index is 0.142. The van der Waals surface area contributed by atoms with Crippen LogP contribution in [0.2, 0.25) is 0 Å². The van der Waals surface area contributed by atoms with Crippen LogP contribution >= 0.6 is 0 Å². The molecule has 0 spiro atoms. The highest BCUT2D eigenvalue weighted by atomic mass is 16.5. The lowest BCUT2D eigenvalue weighted by Crippen LogP contribution is -3.12. The van der Waals surface area contributed by atoms with Crippen molar-refractivity contribution in [1.82, 2.24) is 4.98 Å². The first-order valence-corrected chi connectivity index (χ1v) is 11.4. The third-order valence-corrected chi connectivity index (χ3v) is 7.34. The highest BCUT2D eigenvalue weighted by Gasteiger charge is 2.52. The number of rotatable bonds is 4. The van der Waals surface area contributed by atoms with E-state index in [-0.39, 0.29) is 5.43 Å². The number of para-hydroxylation sites is 1. The number of pyridine rings is 1. The Balaban J connectivity index is 1.47. The van der Waals surface area contributed by atoms with E-state index in [4.69, 9.17) is 4.74 Å². The highest BCUT2D eigenvalue weighted by Crippen LogP contribution is 2.47. The molecule has 4 nitrogen and oxygen atoms in total. The van der Waals surface area contributed by atoms with E-state index < -0.39 is 0 Å². The van der Waals surface area contributed by atoms with Crippen molar-refractivity contribution in [3.8, 4) is 11.5 Å². The van der Waals surface area contributed by atoms with E-state index in [9.17, 15) is 4.79 Å². The summed E-state index contributed by atoms with van der Waals surface area (Å²) in [6.07, 6.45) is 3.82. The van der Waals surface area contributed by atoms with Gasteiger partial charge in [-0.05, 0) is 49.1 Å². The summed E-state index contributed by atoms with van der Waals surface area (Å²) < 4.78 is 5.98. The Morgan fingerprint density at radius 2 is 1.84 bits per heavy atom. The van der Waals surface area contributed by atoms with Crippen molar-refractivity contribution in [1.29, 1.82) is 0 Å². The molecule has 1 aliphatic heterocycles. The maximum Gasteiger partial charge on any atom is 0.198 e. The Bertz CT molecular complexity index is 1180. The predicted molar refractivity (Wildman–Crippen MR) is 125 cm³/mol. The summed E-state index contributed by atoms with van der Waals surface area (Å²) in [5, 5.41) is 0.710. The van der Waals surface area contributed by atoms with Crippen molar-refractivity contribution >= 4 is 10.9 Å². The SMILES string of the molecule is Cc1[nH]c2ccc(Oc3ccccc3)cc2c(=O)c1C[NH+]1CC2(C)CC1CC(C)(C)C2. The van der Waals surface area contributed by atoms with Gasteiger partial charge in [0.05, 0.1) is 18.2 Å². The fourth-order valence-corrected chi connectivity index (χ4v) is 6.51. The van der Waals surface area contributed by atoms with Crippen LogP contribution in [0, 0.1) is 17.8 Å². The number of fused-ring (bicyclic) bond motifs is 3. The third-order valence-electron chi connectivity index (χ3n) is 7.34. The summed E-state index contributed by atoms with van der Waals surface area (Å²) in [7, 11) is 0. The van der Waals surface area contributed by atoms with Crippen LogP contribution in [0.15, 0.2) is 53.3 Å². The van der Waals surface area contributed by atoms with Crippen molar-refractivity contribution < 1.29 is 9.64 Å². The van der Waals surface area contributed by atoms with E-state index in [1.165, 1.54) is 19.3 Å². The van der Waals surface area contributed by atoms with E-state index in [1.54, 1.807) is 4.90 Å². The summed E-state index contributed by atoms with van der Waals surface area (Å²) in [4.78, 5) is 18.6. The summed E-state index contributed by atoms with van der Waals surface area (Å²) in [6.45, 7) is 11.3. The average molecular weight is 418 g/mol. The fourth-order valence-electron chi connectivity index (χ4n) is 6.51. The Morgan fingerprint density at radius 3 is 2.61 bits per heavy atom. The number of aromatic nitrogens is 1. The topological polar surface area (TPSA) is 46.5 Å². The van der Waals surface area contributed by atoms with Gasteiger partial charge in [0, 0.05) is 34.9 Å². The lowest BCUT2D eigenvalue weighted by Gasteiger charge is -2.37. The molecule has 2 fully saturated rings. The maximum absolute atomic E-state index is 13.6. The molecular formula is C27H33N2O2+. The zero-order valence-electron chi connectivity index (χ0n) is 19.0. The zero-order chi connectivity index (χ0) is 21.8. The number of aromatic amines is 1. The zero-order valence-corrected chi connectivity index (χ0v) is 19.0. The third kappa shape index (κ3) is 3.89. The van der Waals surface area contributed by atoms with Gasteiger partial charge < -0.3 is 14.6 Å². The second kappa shape index (κ2) is 7.23. The van der Waals surface area contributed by atoms with E-state index in [2.05, 4.69) is 25.8 Å². The van der Waals surface area contributed by atoms with Crippen LogP contribution in [-0.2, 0) is 6.54 Å². The molecule has 3 unspecified atom stereocenters. The molecule has 3 aromatic rings. The lowest BCUT2D eigenvalue weighted by atomic mass is 9.65. The Morgan fingerprint density at radius 1 is 1.06 bits per heavy atom. The Hall–Kier alpha value is -2.59. The molecule has 4 heteroatoms. The fraction of sp³-hybridized carbons (Fsp3) is 0.444. The van der Waals surface area contributed by atoms with E-state index in [0.717, 1.165) is 35.6 Å². The van der Waals surface area contributed by atoms with Crippen molar-refractivity contribution in [2.24, 2.45) is 10.8 Å². The average Bonchev–Trinajstić information content (AvgIpc) is 2.94. The number of ether oxygens (including phenoxy) is 1. The Kier molecular flexibility index (Phi) is 4.74. The van der Waals surface area contributed by atoms with Gasteiger partial charge in [-0.2, -0.15) is 0 Å². The van der Waals surface area contributed by atoms with Crippen molar-refractivity contribution in [3.63, 3.8) is 0 Å². The van der Waals surface area contributed by atoms with Crippen LogP contribution in [-0.4, -0.2) is 17.6 Å². The van der Waals surface area contributed by atoms with Gasteiger partial charge in [0.2, 0.25) is 0 Å². The molecule has 31 heavy (non-hydrogen) atoms. The minimum Gasteiger partial charge on any atom is -0.457 e. The highest BCUT2D eigenvalue weighted by molar-refractivity contribution is 5.81. The largest absolute Gasteiger partial charge is 0.457 e. The molecule has 2 aromatic carbocycles. The molecule has 1 aromatic heterocycles. The van der Waals surface area contributed by atoms with Crippen molar-refractivity contribution in [3.05, 3.63) is 70.0 Å². The quantitative estimate of drug-likeness (QED) is 0.651. The second-order valence-corrected chi connectivity index (χ2v) is 10.9. The molecule has 2 heterocycles. The normalized spacial score (nSPS) is 26.8. The Labute approximate surface area is 184 Å². The number of quaternary nitrogens is 1. The number of nitrogens with one attached hydrogen (secondary N) is 2. The molecule has 2 N–H and O–H groups in total. The summed E-state index contributed by atoms with van der Waals surface area (Å²) in [5.74, 6) is 1.47. The van der Waals surface area contributed by atoms with Gasteiger partial charge in [-0.1, -0.05) is 39.0 Å². The van der Waals surface area contributed by atoms with Gasteiger partial charge in [-0.15, -0.1) is 0 Å². The molecule has 3 atom stereocenters. The van der Waals surface area contributed by atoms with Crippen LogP contribution in [0.3, 0.4) is 0 Å². The summed E-state index contributed by atoms with van der Waals surface area (Å²) >= 11 is 0. The molecule has 1 saturated carbocycles. The van der Waals surface area contributed by atoms with Gasteiger partial charge in [0.1, 0.15) is 18.0 Å². The van der Waals surface area contributed by atoms with Crippen LogP contribution in [0.1, 0.15) is 51.3 Å². The molecule has 2 aliphatic rings. The number of H-pyrrole nitrogens is 1. The monoisotopic (exact) mass is 417 g/mol. The first-order chi connectivity index (χ1) is 14.7. The van der Waals surface area contributed by atoms with Gasteiger partial charge >= 0.3 is 0 Å². The number of likely N-dealkylation sites (tertiary alicyclic amines) is 1. The molecule has 1 saturated heterocycles.